The van der Waals surface area contributed by atoms with Crippen molar-refractivity contribution in [2.45, 2.75) is 25.6 Å². The number of aliphatic hydroxyl groups excluding tert-OH is 1. The second kappa shape index (κ2) is 9.09. The van der Waals surface area contributed by atoms with Crippen LogP contribution in [0.4, 0.5) is 0 Å². The molecule has 5 rings (SSSR count). The normalized spacial score (nSPS) is 14.7. The van der Waals surface area contributed by atoms with E-state index < -0.39 is 12.0 Å². The van der Waals surface area contributed by atoms with Crippen LogP contribution in [0.15, 0.2) is 42.6 Å². The van der Waals surface area contributed by atoms with E-state index in [1.54, 1.807) is 31.8 Å². The Morgan fingerprint density at radius 1 is 1.21 bits per heavy atom. The van der Waals surface area contributed by atoms with Gasteiger partial charge < -0.3 is 24.7 Å². The van der Waals surface area contributed by atoms with Gasteiger partial charge in [-0.3, -0.25) is 9.69 Å². The Kier molecular flexibility index (Phi) is 5.99. The fourth-order valence-corrected chi connectivity index (χ4v) is 5.66. The molecule has 2 aromatic carbocycles. The minimum Gasteiger partial charge on any atom is -0.493 e. The Bertz CT molecular complexity index is 1360. The maximum Gasteiger partial charge on any atom is 0.325 e. The zero-order valence-electron chi connectivity index (χ0n) is 18.9. The number of nitrogens with zero attached hydrogens (tertiary/aromatic N) is 2. The number of carboxylic acids is 1. The lowest BCUT2D eigenvalue weighted by molar-refractivity contribution is -0.144. The highest BCUT2D eigenvalue weighted by Gasteiger charge is 2.33. The molecule has 0 spiro atoms. The molecule has 0 bridgehead atoms. The smallest absolute Gasteiger partial charge is 0.325 e. The van der Waals surface area contributed by atoms with Gasteiger partial charge >= 0.3 is 5.97 Å². The summed E-state index contributed by atoms with van der Waals surface area (Å²) in [7, 11) is 3.21. The fraction of sp³-hybridized carbons (Fsp3) is 0.280. The van der Waals surface area contributed by atoms with Gasteiger partial charge in [0, 0.05) is 52.6 Å². The first-order valence-corrected chi connectivity index (χ1v) is 11.7. The molecule has 2 aromatic heterocycles. The summed E-state index contributed by atoms with van der Waals surface area (Å²) >= 11 is 1.58. The third-order valence-electron chi connectivity index (χ3n) is 6.25. The van der Waals surface area contributed by atoms with Crippen molar-refractivity contribution in [1.82, 2.24) is 14.9 Å². The van der Waals surface area contributed by atoms with Crippen molar-refractivity contribution < 1.29 is 24.5 Å². The molecule has 1 aliphatic heterocycles. The number of methoxy groups -OCH3 is 2. The summed E-state index contributed by atoms with van der Waals surface area (Å²) in [5.41, 5.74) is 4.28. The number of aliphatic hydroxyl groups is 1. The number of rotatable bonds is 7. The Morgan fingerprint density at radius 3 is 2.76 bits per heavy atom. The summed E-state index contributed by atoms with van der Waals surface area (Å²) in [6.45, 7) is 1.05. The minimum atomic E-state index is -0.889. The van der Waals surface area contributed by atoms with Gasteiger partial charge in [-0.25, -0.2) is 4.98 Å². The van der Waals surface area contributed by atoms with Gasteiger partial charge in [0.05, 0.1) is 26.5 Å². The molecule has 0 amide bonds. The van der Waals surface area contributed by atoms with Gasteiger partial charge in [-0.15, -0.1) is 11.3 Å². The lowest BCUT2D eigenvalue weighted by Gasteiger charge is -2.31. The summed E-state index contributed by atoms with van der Waals surface area (Å²) in [6, 6.07) is 10.5. The van der Waals surface area contributed by atoms with Crippen LogP contribution in [-0.4, -0.2) is 51.8 Å². The highest BCUT2D eigenvalue weighted by atomic mass is 32.1. The Balaban J connectivity index is 1.45. The van der Waals surface area contributed by atoms with Gasteiger partial charge in [0.25, 0.3) is 0 Å². The molecule has 0 saturated heterocycles. The highest BCUT2D eigenvalue weighted by Crippen LogP contribution is 2.38. The molecule has 0 radical (unpaired) electrons. The number of H-pyrrole nitrogens is 1. The Labute approximate surface area is 200 Å². The van der Waals surface area contributed by atoms with E-state index in [-0.39, 0.29) is 6.61 Å². The number of aromatic amines is 1. The number of fused-ring (bicyclic) bond motifs is 2. The summed E-state index contributed by atoms with van der Waals surface area (Å²) < 4.78 is 10.8. The molecule has 3 heterocycles. The van der Waals surface area contributed by atoms with Crippen LogP contribution >= 0.6 is 11.3 Å². The van der Waals surface area contributed by atoms with E-state index in [0.717, 1.165) is 43.2 Å². The van der Waals surface area contributed by atoms with E-state index >= 15 is 0 Å². The topological polar surface area (TPSA) is 108 Å². The number of carbonyl (C=O) groups is 1. The summed E-state index contributed by atoms with van der Waals surface area (Å²) in [6.07, 6.45) is 2.45. The van der Waals surface area contributed by atoms with E-state index in [0.29, 0.717) is 31.0 Å². The first kappa shape index (κ1) is 22.4. The maximum atomic E-state index is 12.4. The van der Waals surface area contributed by atoms with Crippen LogP contribution < -0.4 is 9.47 Å². The van der Waals surface area contributed by atoms with Crippen LogP contribution in [0.25, 0.3) is 21.5 Å². The molecule has 1 atom stereocenters. The molecule has 0 unspecified atom stereocenters. The average molecular weight is 480 g/mol. The predicted molar refractivity (Wildman–Crippen MR) is 129 cm³/mol. The highest BCUT2D eigenvalue weighted by molar-refractivity contribution is 7.15. The van der Waals surface area contributed by atoms with Crippen LogP contribution in [0.1, 0.15) is 27.7 Å². The van der Waals surface area contributed by atoms with Crippen molar-refractivity contribution in [3.63, 3.8) is 0 Å². The Hall–Kier alpha value is -3.40. The first-order chi connectivity index (χ1) is 16.5. The molecule has 0 saturated carbocycles. The number of thiazole rings is 1. The van der Waals surface area contributed by atoms with E-state index in [1.165, 1.54) is 0 Å². The molecule has 9 heteroatoms. The van der Waals surface area contributed by atoms with Crippen LogP contribution in [0.3, 0.4) is 0 Å². The molecular weight excluding hydrogens is 454 g/mol. The molecular formula is C25H25N3O5S. The van der Waals surface area contributed by atoms with Crippen molar-refractivity contribution in [2.75, 3.05) is 20.8 Å². The first-order valence-electron chi connectivity index (χ1n) is 10.9. The Morgan fingerprint density at radius 2 is 2.03 bits per heavy atom. The number of aromatic nitrogens is 2. The number of hydrogen-bond acceptors (Lipinski definition) is 7. The van der Waals surface area contributed by atoms with Crippen molar-refractivity contribution in [3.05, 3.63) is 64.3 Å². The fourth-order valence-electron chi connectivity index (χ4n) is 4.53. The third-order valence-corrected chi connectivity index (χ3v) is 7.38. The zero-order valence-corrected chi connectivity index (χ0v) is 19.7. The minimum absolute atomic E-state index is 0.0602. The lowest BCUT2D eigenvalue weighted by Crippen LogP contribution is -2.37. The number of hydrogen-bond donors (Lipinski definition) is 3. The van der Waals surface area contributed by atoms with Crippen LogP contribution in [0.2, 0.25) is 0 Å². The average Bonchev–Trinajstić information content (AvgIpc) is 3.47. The van der Waals surface area contributed by atoms with E-state index in [1.807, 2.05) is 41.3 Å². The molecule has 1 aliphatic rings. The van der Waals surface area contributed by atoms with Crippen LogP contribution in [-0.2, 0) is 24.4 Å². The summed E-state index contributed by atoms with van der Waals surface area (Å²) in [5, 5.41) is 21.3. The molecule has 176 valence electrons. The van der Waals surface area contributed by atoms with E-state index in [9.17, 15) is 15.0 Å². The molecule has 0 fully saturated rings. The van der Waals surface area contributed by atoms with Crippen molar-refractivity contribution in [1.29, 1.82) is 0 Å². The number of nitrogens with one attached hydrogen (secondary N) is 1. The van der Waals surface area contributed by atoms with Crippen molar-refractivity contribution in [3.8, 4) is 22.1 Å². The predicted octanol–water partition coefficient (Wildman–Crippen LogP) is 3.98. The van der Waals surface area contributed by atoms with Crippen molar-refractivity contribution >= 4 is 28.2 Å². The number of carboxylic acid groups (broad SMARTS) is 1. The van der Waals surface area contributed by atoms with Gasteiger partial charge in [0.15, 0.2) is 11.5 Å². The lowest BCUT2D eigenvalue weighted by atomic mass is 10.0. The summed E-state index contributed by atoms with van der Waals surface area (Å²) in [4.78, 5) is 23.5. The third kappa shape index (κ3) is 3.91. The molecule has 34 heavy (non-hydrogen) atoms. The maximum absolute atomic E-state index is 12.4. The quantitative estimate of drug-likeness (QED) is 0.368. The van der Waals surface area contributed by atoms with Gasteiger partial charge in [0.2, 0.25) is 0 Å². The molecule has 8 nitrogen and oxygen atoms in total. The standard InChI is InChI=1S/C25H25N3O5S/c1-32-20-6-4-15(10-21(20)33-2)24-27-18-7-8-28(12-22(18)34-24)23(25(30)31)17-11-26-19-9-14(13-29)3-5-16(17)19/h3-6,9-11,23,26,29H,7-8,12-13H2,1-2H3,(H,30,31)/t23-/m0/s1. The number of benzene rings is 2. The number of ether oxygens (including phenoxy) is 2. The van der Waals surface area contributed by atoms with Gasteiger partial charge in [0.1, 0.15) is 11.0 Å². The van der Waals surface area contributed by atoms with Gasteiger partial charge in [-0.05, 0) is 29.8 Å². The van der Waals surface area contributed by atoms with E-state index in [2.05, 4.69) is 4.98 Å². The van der Waals surface area contributed by atoms with Crippen LogP contribution in [0.5, 0.6) is 11.5 Å². The van der Waals surface area contributed by atoms with E-state index in [4.69, 9.17) is 14.5 Å². The second-order valence-electron chi connectivity index (χ2n) is 8.20. The SMILES string of the molecule is COc1ccc(-c2nc3c(s2)CN([C@H](C(=O)O)c2c[nH]c4cc(CO)ccc24)CC3)cc1OC. The van der Waals surface area contributed by atoms with Gasteiger partial charge in [-0.2, -0.15) is 0 Å². The molecule has 0 aliphatic carbocycles. The summed E-state index contributed by atoms with van der Waals surface area (Å²) in [5.74, 6) is 0.414. The second-order valence-corrected chi connectivity index (χ2v) is 9.29. The molecule has 3 N–H and O–H groups in total. The largest absolute Gasteiger partial charge is 0.493 e. The zero-order chi connectivity index (χ0) is 23.8. The van der Waals surface area contributed by atoms with Crippen molar-refractivity contribution in [2.24, 2.45) is 0 Å². The van der Waals surface area contributed by atoms with Gasteiger partial charge in [-0.1, -0.05) is 12.1 Å². The molecule has 4 aromatic rings. The monoisotopic (exact) mass is 479 g/mol. The van der Waals surface area contributed by atoms with Crippen LogP contribution in [0, 0.1) is 0 Å². The number of aliphatic carboxylic acids is 1.